The molecule has 2 rings (SSSR count). The molecule has 0 fully saturated rings. The number of halogens is 1. The lowest BCUT2D eigenvalue weighted by Crippen LogP contribution is -2.08. The second-order valence-electron chi connectivity index (χ2n) is 3.56. The van der Waals surface area contributed by atoms with Crippen LogP contribution < -0.4 is 16.1 Å². The molecule has 0 saturated carbocycles. The predicted octanol–water partition coefficient (Wildman–Crippen LogP) is 2.28. The van der Waals surface area contributed by atoms with Crippen LogP contribution in [0.4, 0.5) is 0 Å². The van der Waals surface area contributed by atoms with E-state index < -0.39 is 5.63 Å². The van der Waals surface area contributed by atoms with Crippen LogP contribution in [-0.2, 0) is 0 Å². The molecule has 0 amide bonds. The zero-order valence-corrected chi connectivity index (χ0v) is 10.7. The number of nitrogens with two attached hydrogens (primary N) is 1. The monoisotopic (exact) mass is 297 g/mol. The summed E-state index contributed by atoms with van der Waals surface area (Å²) >= 11 is 3.37. The molecular formula is C12H12BrNO3. The van der Waals surface area contributed by atoms with E-state index in [0.29, 0.717) is 24.5 Å². The first-order chi connectivity index (χ1) is 8.20. The fourth-order valence-corrected chi connectivity index (χ4v) is 1.85. The van der Waals surface area contributed by atoms with Crippen molar-refractivity contribution in [3.05, 3.63) is 39.2 Å². The van der Waals surface area contributed by atoms with Crippen LogP contribution in [0.5, 0.6) is 5.75 Å². The Bertz CT molecular complexity index is 579. The first-order valence-corrected chi connectivity index (χ1v) is 6.06. The maximum atomic E-state index is 11.3. The number of rotatable bonds is 4. The van der Waals surface area contributed by atoms with Gasteiger partial charge in [-0.25, -0.2) is 4.79 Å². The van der Waals surface area contributed by atoms with Crippen molar-refractivity contribution in [3.8, 4) is 5.75 Å². The molecule has 0 spiro atoms. The molecule has 2 N–H and O–H groups in total. The summed E-state index contributed by atoms with van der Waals surface area (Å²) in [5.41, 5.74) is 5.49. The highest BCUT2D eigenvalue weighted by Gasteiger charge is 2.07. The molecule has 0 aliphatic rings. The average molecular weight is 298 g/mol. The number of hydrogen-bond donors (Lipinski definition) is 1. The molecule has 0 bridgehead atoms. The fraction of sp³-hybridized carbons (Fsp3) is 0.250. The minimum Gasteiger partial charge on any atom is -0.492 e. The topological polar surface area (TPSA) is 65.5 Å². The van der Waals surface area contributed by atoms with Crippen LogP contribution in [-0.4, -0.2) is 13.2 Å². The lowest BCUT2D eigenvalue weighted by atomic mass is 10.2. The molecule has 4 nitrogen and oxygen atoms in total. The van der Waals surface area contributed by atoms with Gasteiger partial charge in [0.2, 0.25) is 0 Å². The third-order valence-electron chi connectivity index (χ3n) is 2.27. The van der Waals surface area contributed by atoms with Gasteiger partial charge in [-0.2, -0.15) is 0 Å². The predicted molar refractivity (Wildman–Crippen MR) is 69.4 cm³/mol. The molecule has 5 heteroatoms. The zero-order chi connectivity index (χ0) is 12.3. The van der Waals surface area contributed by atoms with Crippen molar-refractivity contribution >= 4 is 26.9 Å². The molecule has 17 heavy (non-hydrogen) atoms. The number of fused-ring (bicyclic) bond motifs is 1. The molecule has 0 aliphatic carbocycles. The summed E-state index contributed by atoms with van der Waals surface area (Å²) < 4.78 is 11.5. The van der Waals surface area contributed by atoms with E-state index in [-0.39, 0.29) is 0 Å². The molecule has 1 heterocycles. The number of hydrogen-bond acceptors (Lipinski definition) is 4. The van der Waals surface area contributed by atoms with Crippen LogP contribution in [0.15, 0.2) is 37.9 Å². The molecule has 0 unspecified atom stereocenters. The summed E-state index contributed by atoms with van der Waals surface area (Å²) in [7, 11) is 0. The van der Waals surface area contributed by atoms with E-state index in [9.17, 15) is 4.79 Å². The van der Waals surface area contributed by atoms with Gasteiger partial charge in [0.1, 0.15) is 11.3 Å². The van der Waals surface area contributed by atoms with Crippen LogP contribution in [0.2, 0.25) is 0 Å². The summed E-state index contributed by atoms with van der Waals surface area (Å²) in [6, 6.07) is 6.76. The van der Waals surface area contributed by atoms with Gasteiger partial charge >= 0.3 is 5.63 Å². The maximum Gasteiger partial charge on any atom is 0.339 e. The zero-order valence-electron chi connectivity index (χ0n) is 9.11. The van der Waals surface area contributed by atoms with Gasteiger partial charge in [-0.3, -0.25) is 0 Å². The summed E-state index contributed by atoms with van der Waals surface area (Å²) in [6.45, 7) is 1.05. The lowest BCUT2D eigenvalue weighted by Gasteiger charge is -2.07. The Morgan fingerprint density at radius 1 is 1.35 bits per heavy atom. The van der Waals surface area contributed by atoms with Crippen LogP contribution in [0, 0.1) is 0 Å². The summed E-state index contributed by atoms with van der Waals surface area (Å²) in [5, 5.41) is 0.774. The minimum atomic E-state index is -0.414. The van der Waals surface area contributed by atoms with Crippen molar-refractivity contribution in [2.75, 3.05) is 13.2 Å². The van der Waals surface area contributed by atoms with E-state index >= 15 is 0 Å². The highest BCUT2D eigenvalue weighted by Crippen LogP contribution is 2.26. The number of benzene rings is 1. The Morgan fingerprint density at radius 3 is 2.94 bits per heavy atom. The van der Waals surface area contributed by atoms with Crippen molar-refractivity contribution in [2.45, 2.75) is 6.42 Å². The SMILES string of the molecule is NCCCOc1cc(=O)oc2ccc(Br)cc12. The van der Waals surface area contributed by atoms with Gasteiger partial charge in [-0.15, -0.1) is 0 Å². The first-order valence-electron chi connectivity index (χ1n) is 5.27. The minimum absolute atomic E-state index is 0.414. The van der Waals surface area contributed by atoms with Crippen molar-refractivity contribution < 1.29 is 9.15 Å². The van der Waals surface area contributed by atoms with Crippen LogP contribution in [0.1, 0.15) is 6.42 Å². The third kappa shape index (κ3) is 2.87. The third-order valence-corrected chi connectivity index (χ3v) is 2.77. The highest BCUT2D eigenvalue weighted by molar-refractivity contribution is 9.10. The standard InChI is InChI=1S/C12H12BrNO3/c13-8-2-3-10-9(6-8)11(7-12(15)17-10)16-5-1-4-14/h2-3,6-7H,1,4-5,14H2. The lowest BCUT2D eigenvalue weighted by molar-refractivity contribution is 0.314. The van der Waals surface area contributed by atoms with E-state index in [4.69, 9.17) is 14.9 Å². The van der Waals surface area contributed by atoms with Gasteiger partial charge in [0.25, 0.3) is 0 Å². The first kappa shape index (κ1) is 12.1. The second kappa shape index (κ2) is 5.33. The quantitative estimate of drug-likeness (QED) is 0.694. The van der Waals surface area contributed by atoms with Crippen molar-refractivity contribution in [1.82, 2.24) is 0 Å². The van der Waals surface area contributed by atoms with E-state index in [1.54, 1.807) is 6.07 Å². The van der Waals surface area contributed by atoms with E-state index in [2.05, 4.69) is 15.9 Å². The van der Waals surface area contributed by atoms with Crippen molar-refractivity contribution in [3.63, 3.8) is 0 Å². The van der Waals surface area contributed by atoms with E-state index in [1.165, 1.54) is 6.07 Å². The normalized spacial score (nSPS) is 10.7. The van der Waals surface area contributed by atoms with Crippen molar-refractivity contribution in [1.29, 1.82) is 0 Å². The molecule has 0 atom stereocenters. The molecule has 0 aliphatic heterocycles. The molecule has 1 aromatic carbocycles. The second-order valence-corrected chi connectivity index (χ2v) is 4.48. The summed E-state index contributed by atoms with van der Waals surface area (Å²) in [6.07, 6.45) is 0.746. The highest BCUT2D eigenvalue weighted by atomic mass is 79.9. The molecule has 1 aromatic heterocycles. The maximum absolute atomic E-state index is 11.3. The van der Waals surface area contributed by atoms with Gasteiger partial charge in [0.15, 0.2) is 0 Å². The van der Waals surface area contributed by atoms with E-state index in [1.807, 2.05) is 12.1 Å². The van der Waals surface area contributed by atoms with Gasteiger partial charge in [0.05, 0.1) is 18.1 Å². The Balaban J connectivity index is 2.44. The smallest absolute Gasteiger partial charge is 0.339 e. The van der Waals surface area contributed by atoms with Gasteiger partial charge in [-0.05, 0) is 31.2 Å². The largest absolute Gasteiger partial charge is 0.492 e. The van der Waals surface area contributed by atoms with Crippen LogP contribution >= 0.6 is 15.9 Å². The summed E-state index contributed by atoms with van der Waals surface area (Å²) in [4.78, 5) is 11.3. The van der Waals surface area contributed by atoms with Crippen LogP contribution in [0.3, 0.4) is 0 Å². The van der Waals surface area contributed by atoms with Crippen molar-refractivity contribution in [2.24, 2.45) is 5.73 Å². The molecular weight excluding hydrogens is 286 g/mol. The Morgan fingerprint density at radius 2 is 2.18 bits per heavy atom. The Labute approximate surface area is 106 Å². The Kier molecular flexibility index (Phi) is 3.81. The van der Waals surface area contributed by atoms with Crippen LogP contribution in [0.25, 0.3) is 11.0 Å². The van der Waals surface area contributed by atoms with Gasteiger partial charge < -0.3 is 14.9 Å². The average Bonchev–Trinajstić information content (AvgIpc) is 2.30. The molecule has 0 radical (unpaired) electrons. The fourth-order valence-electron chi connectivity index (χ4n) is 1.49. The van der Waals surface area contributed by atoms with Gasteiger partial charge in [0, 0.05) is 4.47 Å². The number of ether oxygens (including phenoxy) is 1. The van der Waals surface area contributed by atoms with Gasteiger partial charge in [-0.1, -0.05) is 15.9 Å². The molecule has 2 aromatic rings. The van der Waals surface area contributed by atoms with E-state index in [0.717, 1.165) is 16.3 Å². The molecule has 90 valence electrons. The summed E-state index contributed by atoms with van der Waals surface area (Å²) in [5.74, 6) is 0.533. The molecule has 0 saturated heterocycles. The Hall–Kier alpha value is -1.33.